The zero-order valence-corrected chi connectivity index (χ0v) is 13.7. The SMILES string of the molecule is CN(CCNC(=O)O)c1cc(-n2ccnc2)c2ccc(Cl)cc2n1. The van der Waals surface area contributed by atoms with Crippen LogP contribution in [-0.2, 0) is 0 Å². The zero-order chi connectivity index (χ0) is 17.1. The van der Waals surface area contributed by atoms with Gasteiger partial charge in [-0.1, -0.05) is 11.6 Å². The van der Waals surface area contributed by atoms with Crippen LogP contribution >= 0.6 is 11.6 Å². The number of benzene rings is 1. The Morgan fingerprint density at radius 2 is 2.25 bits per heavy atom. The van der Waals surface area contributed by atoms with E-state index < -0.39 is 6.09 Å². The summed E-state index contributed by atoms with van der Waals surface area (Å²) in [7, 11) is 1.86. The minimum Gasteiger partial charge on any atom is -0.465 e. The summed E-state index contributed by atoms with van der Waals surface area (Å²) in [6, 6.07) is 7.50. The summed E-state index contributed by atoms with van der Waals surface area (Å²) >= 11 is 6.10. The third-order valence-electron chi connectivity index (χ3n) is 3.63. The highest BCUT2D eigenvalue weighted by Crippen LogP contribution is 2.27. The van der Waals surface area contributed by atoms with Crippen LogP contribution in [0.15, 0.2) is 43.0 Å². The van der Waals surface area contributed by atoms with Gasteiger partial charge < -0.3 is 19.9 Å². The molecule has 2 heterocycles. The number of anilines is 1. The number of halogens is 1. The van der Waals surface area contributed by atoms with Crippen LogP contribution < -0.4 is 10.2 Å². The van der Waals surface area contributed by atoms with Crippen molar-refractivity contribution in [3.63, 3.8) is 0 Å². The second-order valence-electron chi connectivity index (χ2n) is 5.28. The van der Waals surface area contributed by atoms with Gasteiger partial charge in [-0.15, -0.1) is 0 Å². The molecule has 0 bridgehead atoms. The highest BCUT2D eigenvalue weighted by atomic mass is 35.5. The fourth-order valence-electron chi connectivity index (χ4n) is 2.43. The van der Waals surface area contributed by atoms with Crippen molar-refractivity contribution in [1.82, 2.24) is 19.9 Å². The third-order valence-corrected chi connectivity index (χ3v) is 3.87. The van der Waals surface area contributed by atoms with Gasteiger partial charge in [0.25, 0.3) is 0 Å². The lowest BCUT2D eigenvalue weighted by molar-refractivity contribution is 0.195. The molecular weight excluding hydrogens is 330 g/mol. The second kappa shape index (κ2) is 6.76. The van der Waals surface area contributed by atoms with Gasteiger partial charge in [-0.25, -0.2) is 14.8 Å². The quantitative estimate of drug-likeness (QED) is 0.743. The fraction of sp³-hybridized carbons (Fsp3) is 0.188. The molecule has 1 aromatic carbocycles. The monoisotopic (exact) mass is 345 g/mol. The molecular formula is C16H16ClN5O2. The van der Waals surface area contributed by atoms with E-state index >= 15 is 0 Å². The molecule has 8 heteroatoms. The van der Waals surface area contributed by atoms with Gasteiger partial charge in [-0.05, 0) is 18.2 Å². The highest BCUT2D eigenvalue weighted by molar-refractivity contribution is 6.31. The number of hydrogen-bond donors (Lipinski definition) is 2. The summed E-state index contributed by atoms with van der Waals surface area (Å²) in [5.74, 6) is 0.723. The molecule has 3 aromatic rings. The lowest BCUT2D eigenvalue weighted by atomic mass is 10.1. The van der Waals surface area contributed by atoms with Crippen LogP contribution in [0.4, 0.5) is 10.6 Å². The van der Waals surface area contributed by atoms with E-state index in [0.29, 0.717) is 18.1 Å². The van der Waals surface area contributed by atoms with Gasteiger partial charge in [0.2, 0.25) is 0 Å². The number of imidazole rings is 1. The number of rotatable bonds is 5. The molecule has 0 spiro atoms. The van der Waals surface area contributed by atoms with Gasteiger partial charge in [0.1, 0.15) is 5.82 Å². The molecule has 0 aliphatic rings. The molecule has 0 saturated carbocycles. The van der Waals surface area contributed by atoms with E-state index in [-0.39, 0.29) is 0 Å². The summed E-state index contributed by atoms with van der Waals surface area (Å²) in [6.07, 6.45) is 4.25. The van der Waals surface area contributed by atoms with Crippen molar-refractivity contribution in [2.24, 2.45) is 0 Å². The molecule has 3 rings (SSSR count). The molecule has 1 amide bonds. The van der Waals surface area contributed by atoms with Crippen molar-refractivity contribution in [3.8, 4) is 5.69 Å². The van der Waals surface area contributed by atoms with E-state index in [9.17, 15) is 4.79 Å². The normalized spacial score (nSPS) is 10.8. The standard InChI is InChI=1S/C16H16ClN5O2/c1-21(6-5-19-16(23)24)15-9-14(22-7-4-18-10-22)12-3-2-11(17)8-13(12)20-15/h2-4,7-10,19H,5-6H2,1H3,(H,23,24). The van der Waals surface area contributed by atoms with Crippen LogP contribution in [0.2, 0.25) is 5.02 Å². The van der Waals surface area contributed by atoms with Crippen LogP contribution in [0.3, 0.4) is 0 Å². The first-order chi connectivity index (χ1) is 11.5. The van der Waals surface area contributed by atoms with Crippen molar-refractivity contribution < 1.29 is 9.90 Å². The van der Waals surface area contributed by atoms with E-state index in [1.54, 1.807) is 12.5 Å². The number of nitrogens with one attached hydrogen (secondary N) is 1. The predicted molar refractivity (Wildman–Crippen MR) is 93.2 cm³/mol. The molecule has 0 aliphatic heterocycles. The number of nitrogens with zero attached hydrogens (tertiary/aromatic N) is 4. The Labute approximate surface area is 143 Å². The molecule has 0 atom stereocenters. The minimum absolute atomic E-state index is 0.307. The summed E-state index contributed by atoms with van der Waals surface area (Å²) in [4.78, 5) is 21.2. The van der Waals surface area contributed by atoms with Gasteiger partial charge in [0.05, 0.1) is 17.5 Å². The van der Waals surface area contributed by atoms with Crippen molar-refractivity contribution >= 4 is 34.4 Å². The number of likely N-dealkylation sites (N-methyl/N-ethyl adjacent to an activating group) is 1. The molecule has 0 radical (unpaired) electrons. The van der Waals surface area contributed by atoms with E-state index in [2.05, 4.69) is 15.3 Å². The maximum absolute atomic E-state index is 10.6. The number of amides is 1. The first kappa shape index (κ1) is 16.1. The smallest absolute Gasteiger partial charge is 0.404 e. The van der Waals surface area contributed by atoms with Gasteiger partial charge in [-0.3, -0.25) is 0 Å². The molecule has 0 aliphatic carbocycles. The van der Waals surface area contributed by atoms with Crippen LogP contribution in [-0.4, -0.2) is 45.9 Å². The molecule has 124 valence electrons. The number of pyridine rings is 1. The Hall–Kier alpha value is -2.80. The lowest BCUT2D eigenvalue weighted by Gasteiger charge is -2.20. The first-order valence-corrected chi connectivity index (χ1v) is 7.69. The molecule has 0 saturated heterocycles. The summed E-state index contributed by atoms with van der Waals surface area (Å²) in [6.45, 7) is 0.802. The second-order valence-corrected chi connectivity index (χ2v) is 5.72. The van der Waals surface area contributed by atoms with Gasteiger partial charge in [-0.2, -0.15) is 0 Å². The van der Waals surface area contributed by atoms with Gasteiger partial charge in [0, 0.05) is 49.0 Å². The third kappa shape index (κ3) is 3.41. The first-order valence-electron chi connectivity index (χ1n) is 7.31. The van der Waals surface area contributed by atoms with Gasteiger partial charge >= 0.3 is 6.09 Å². The van der Waals surface area contributed by atoms with Crippen molar-refractivity contribution in [3.05, 3.63) is 48.0 Å². The van der Waals surface area contributed by atoms with Crippen molar-refractivity contribution in [2.45, 2.75) is 0 Å². The number of fused-ring (bicyclic) bond motifs is 1. The van der Waals surface area contributed by atoms with E-state index in [4.69, 9.17) is 16.7 Å². The van der Waals surface area contributed by atoms with E-state index in [1.807, 2.05) is 47.0 Å². The molecule has 7 nitrogen and oxygen atoms in total. The van der Waals surface area contributed by atoms with Crippen LogP contribution in [0.1, 0.15) is 0 Å². The van der Waals surface area contributed by atoms with Crippen LogP contribution in [0, 0.1) is 0 Å². The van der Waals surface area contributed by atoms with E-state index in [1.165, 1.54) is 0 Å². The van der Waals surface area contributed by atoms with Gasteiger partial charge in [0.15, 0.2) is 0 Å². The Balaban J connectivity index is 2.01. The summed E-state index contributed by atoms with van der Waals surface area (Å²) in [5, 5.41) is 12.6. The summed E-state index contributed by atoms with van der Waals surface area (Å²) < 4.78 is 1.91. The molecule has 0 unspecified atom stereocenters. The molecule has 2 N–H and O–H groups in total. The average Bonchev–Trinajstić information content (AvgIpc) is 3.07. The van der Waals surface area contributed by atoms with Crippen LogP contribution in [0.25, 0.3) is 16.6 Å². The topological polar surface area (TPSA) is 83.3 Å². The number of carbonyl (C=O) groups is 1. The Bertz CT molecular complexity index is 866. The summed E-state index contributed by atoms with van der Waals surface area (Å²) in [5.41, 5.74) is 1.70. The minimum atomic E-state index is -1.04. The Kier molecular flexibility index (Phi) is 4.52. The Morgan fingerprint density at radius 1 is 1.42 bits per heavy atom. The molecule has 0 fully saturated rings. The maximum Gasteiger partial charge on any atom is 0.404 e. The highest BCUT2D eigenvalue weighted by Gasteiger charge is 2.11. The number of aromatic nitrogens is 3. The molecule has 24 heavy (non-hydrogen) atoms. The zero-order valence-electron chi connectivity index (χ0n) is 13.0. The van der Waals surface area contributed by atoms with E-state index in [0.717, 1.165) is 22.4 Å². The maximum atomic E-state index is 10.6. The number of hydrogen-bond acceptors (Lipinski definition) is 4. The van der Waals surface area contributed by atoms with Crippen molar-refractivity contribution in [2.75, 3.05) is 25.0 Å². The van der Waals surface area contributed by atoms with Crippen LogP contribution in [0.5, 0.6) is 0 Å². The average molecular weight is 346 g/mol. The number of carboxylic acid groups (broad SMARTS) is 1. The largest absolute Gasteiger partial charge is 0.465 e. The van der Waals surface area contributed by atoms with Crippen molar-refractivity contribution in [1.29, 1.82) is 0 Å². The predicted octanol–water partition coefficient (Wildman–Crippen LogP) is 2.78. The fourth-order valence-corrected chi connectivity index (χ4v) is 2.59. The Morgan fingerprint density at radius 3 is 2.96 bits per heavy atom. The molecule has 2 aromatic heterocycles. The lowest BCUT2D eigenvalue weighted by Crippen LogP contribution is -2.32.